The standard InChI is InChI=1S/C19H22N2O6S/c22-17-11-13(12-20(17)14-5-1-2-6-14)19(24)27-10-9-21-18(23)15-7-3-4-8-16(15)28(21,25)26/h3-4,7-8,13-14H,1-2,5-6,9-12H2/t13-/m1/s1. The molecule has 1 saturated carbocycles. The average Bonchev–Trinajstić information content (AvgIpc) is 3.37. The van der Waals surface area contributed by atoms with Crippen molar-refractivity contribution in [3.05, 3.63) is 29.8 Å². The van der Waals surface area contributed by atoms with Crippen LogP contribution >= 0.6 is 0 Å². The van der Waals surface area contributed by atoms with Crippen molar-refractivity contribution in [1.82, 2.24) is 9.21 Å². The highest BCUT2D eigenvalue weighted by Crippen LogP contribution is 2.31. The fraction of sp³-hybridized carbons (Fsp3) is 0.526. The molecular formula is C19H22N2O6S. The number of amides is 2. The van der Waals surface area contributed by atoms with Crippen molar-refractivity contribution in [1.29, 1.82) is 0 Å². The molecule has 150 valence electrons. The minimum atomic E-state index is -3.91. The Labute approximate surface area is 163 Å². The van der Waals surface area contributed by atoms with Gasteiger partial charge >= 0.3 is 5.97 Å². The lowest BCUT2D eigenvalue weighted by Crippen LogP contribution is -2.36. The van der Waals surface area contributed by atoms with Gasteiger partial charge in [0.1, 0.15) is 11.5 Å². The van der Waals surface area contributed by atoms with Crippen LogP contribution < -0.4 is 0 Å². The second kappa shape index (κ2) is 7.20. The van der Waals surface area contributed by atoms with Gasteiger partial charge in [0.2, 0.25) is 5.91 Å². The molecule has 1 aromatic carbocycles. The number of carbonyl (C=O) groups excluding carboxylic acids is 3. The van der Waals surface area contributed by atoms with Crippen LogP contribution in [0, 0.1) is 5.92 Å². The van der Waals surface area contributed by atoms with Crippen LogP contribution in [0.2, 0.25) is 0 Å². The van der Waals surface area contributed by atoms with Gasteiger partial charge in [0.25, 0.3) is 15.9 Å². The summed E-state index contributed by atoms with van der Waals surface area (Å²) in [7, 11) is -3.91. The maximum Gasteiger partial charge on any atom is 0.311 e. The lowest BCUT2D eigenvalue weighted by atomic mass is 10.1. The monoisotopic (exact) mass is 406 g/mol. The van der Waals surface area contributed by atoms with E-state index in [1.807, 2.05) is 0 Å². The van der Waals surface area contributed by atoms with E-state index in [1.165, 1.54) is 12.1 Å². The molecular weight excluding hydrogens is 384 g/mol. The number of carbonyl (C=O) groups is 3. The van der Waals surface area contributed by atoms with E-state index in [0.717, 1.165) is 30.0 Å². The fourth-order valence-corrected chi connectivity index (χ4v) is 5.81. The first-order valence-electron chi connectivity index (χ1n) is 9.52. The molecule has 0 N–H and O–H groups in total. The van der Waals surface area contributed by atoms with Crippen molar-refractivity contribution in [3.63, 3.8) is 0 Å². The summed E-state index contributed by atoms with van der Waals surface area (Å²) in [5, 5.41) is 0. The quantitative estimate of drug-likeness (QED) is 0.681. The summed E-state index contributed by atoms with van der Waals surface area (Å²) >= 11 is 0. The van der Waals surface area contributed by atoms with Crippen LogP contribution in [0.5, 0.6) is 0 Å². The largest absolute Gasteiger partial charge is 0.463 e. The van der Waals surface area contributed by atoms with Gasteiger partial charge in [0.05, 0.1) is 18.0 Å². The second-order valence-electron chi connectivity index (χ2n) is 7.43. The number of esters is 1. The number of benzene rings is 1. The number of hydrogen-bond acceptors (Lipinski definition) is 6. The van der Waals surface area contributed by atoms with Crippen LogP contribution in [0.3, 0.4) is 0 Å². The maximum absolute atomic E-state index is 12.5. The van der Waals surface area contributed by atoms with Crippen molar-refractivity contribution in [2.24, 2.45) is 5.92 Å². The first kappa shape index (κ1) is 18.9. The molecule has 28 heavy (non-hydrogen) atoms. The SMILES string of the molecule is O=C(OCCN1C(=O)c2ccccc2S1(=O)=O)[C@@H]1CC(=O)N(C2CCCC2)C1. The predicted octanol–water partition coefficient (Wildman–Crippen LogP) is 1.17. The smallest absolute Gasteiger partial charge is 0.311 e. The lowest BCUT2D eigenvalue weighted by molar-refractivity contribution is -0.148. The number of ether oxygens (including phenoxy) is 1. The minimum Gasteiger partial charge on any atom is -0.463 e. The van der Waals surface area contributed by atoms with Gasteiger partial charge in [-0.3, -0.25) is 14.4 Å². The molecule has 0 aromatic heterocycles. The zero-order valence-electron chi connectivity index (χ0n) is 15.4. The highest BCUT2D eigenvalue weighted by molar-refractivity contribution is 7.90. The summed E-state index contributed by atoms with van der Waals surface area (Å²) in [5.74, 6) is -1.69. The van der Waals surface area contributed by atoms with Crippen LogP contribution in [0.4, 0.5) is 0 Å². The molecule has 4 rings (SSSR count). The third kappa shape index (κ3) is 3.17. The van der Waals surface area contributed by atoms with Crippen LogP contribution in [0.25, 0.3) is 0 Å². The summed E-state index contributed by atoms with van der Waals surface area (Å²) in [6, 6.07) is 6.22. The lowest BCUT2D eigenvalue weighted by Gasteiger charge is -2.23. The molecule has 2 amide bonds. The number of nitrogens with zero attached hydrogens (tertiary/aromatic N) is 2. The Balaban J connectivity index is 1.33. The molecule has 0 spiro atoms. The van der Waals surface area contributed by atoms with Crippen molar-refractivity contribution >= 4 is 27.8 Å². The topological polar surface area (TPSA) is 101 Å². The number of sulfonamides is 1. The van der Waals surface area contributed by atoms with Gasteiger partial charge in [-0.05, 0) is 25.0 Å². The van der Waals surface area contributed by atoms with Crippen molar-refractivity contribution in [2.75, 3.05) is 19.7 Å². The van der Waals surface area contributed by atoms with Gasteiger partial charge in [-0.25, -0.2) is 12.7 Å². The first-order chi connectivity index (χ1) is 13.4. The zero-order valence-corrected chi connectivity index (χ0v) is 16.2. The molecule has 0 bridgehead atoms. The zero-order chi connectivity index (χ0) is 19.9. The van der Waals surface area contributed by atoms with E-state index >= 15 is 0 Å². The molecule has 1 aromatic rings. The Morgan fingerprint density at radius 1 is 1.14 bits per heavy atom. The number of hydrogen-bond donors (Lipinski definition) is 0. The number of fused-ring (bicyclic) bond motifs is 1. The molecule has 3 aliphatic rings. The van der Waals surface area contributed by atoms with Crippen LogP contribution in [-0.4, -0.2) is 61.1 Å². The maximum atomic E-state index is 12.5. The number of rotatable bonds is 5. The predicted molar refractivity (Wildman–Crippen MR) is 97.7 cm³/mol. The third-order valence-electron chi connectivity index (χ3n) is 5.71. The molecule has 1 atom stereocenters. The van der Waals surface area contributed by atoms with Crippen molar-refractivity contribution < 1.29 is 27.5 Å². The van der Waals surface area contributed by atoms with Crippen molar-refractivity contribution in [2.45, 2.75) is 43.0 Å². The van der Waals surface area contributed by atoms with Crippen LogP contribution in [0.1, 0.15) is 42.5 Å². The highest BCUT2D eigenvalue weighted by Gasteiger charge is 2.42. The normalized spacial score (nSPS) is 24.1. The Bertz CT molecular complexity index is 922. The Hall–Kier alpha value is -2.42. The van der Waals surface area contributed by atoms with Crippen molar-refractivity contribution in [3.8, 4) is 0 Å². The Morgan fingerprint density at radius 3 is 2.57 bits per heavy atom. The third-order valence-corrected chi connectivity index (χ3v) is 7.55. The van der Waals surface area contributed by atoms with E-state index in [-0.39, 0.29) is 42.0 Å². The fourth-order valence-electron chi connectivity index (χ4n) is 4.26. The van der Waals surface area contributed by atoms with E-state index in [2.05, 4.69) is 0 Å². The number of likely N-dealkylation sites (tertiary alicyclic amines) is 1. The molecule has 2 heterocycles. The molecule has 1 aliphatic carbocycles. The van der Waals surface area contributed by atoms with Gasteiger partial charge in [-0.1, -0.05) is 25.0 Å². The second-order valence-corrected chi connectivity index (χ2v) is 9.26. The van der Waals surface area contributed by atoms with E-state index in [9.17, 15) is 22.8 Å². The van der Waals surface area contributed by atoms with E-state index < -0.39 is 27.8 Å². The molecule has 0 unspecified atom stereocenters. The molecule has 2 aliphatic heterocycles. The molecule has 9 heteroatoms. The Morgan fingerprint density at radius 2 is 1.86 bits per heavy atom. The van der Waals surface area contributed by atoms with Crippen LogP contribution in [-0.2, 0) is 24.3 Å². The summed E-state index contributed by atoms with van der Waals surface area (Å²) in [6.45, 7) is -0.116. The van der Waals surface area contributed by atoms with E-state index in [4.69, 9.17) is 4.74 Å². The molecule has 0 radical (unpaired) electrons. The van der Waals surface area contributed by atoms with Gasteiger partial charge in [-0.15, -0.1) is 0 Å². The van der Waals surface area contributed by atoms with Gasteiger partial charge in [0, 0.05) is 19.0 Å². The first-order valence-corrected chi connectivity index (χ1v) is 11.0. The summed E-state index contributed by atoms with van der Waals surface area (Å²) in [4.78, 5) is 38.6. The van der Waals surface area contributed by atoms with Crippen LogP contribution in [0.15, 0.2) is 29.2 Å². The van der Waals surface area contributed by atoms with E-state index in [1.54, 1.807) is 17.0 Å². The van der Waals surface area contributed by atoms with E-state index in [0.29, 0.717) is 6.54 Å². The minimum absolute atomic E-state index is 0.0263. The molecule has 2 fully saturated rings. The average molecular weight is 406 g/mol. The van der Waals surface area contributed by atoms with Gasteiger partial charge < -0.3 is 9.64 Å². The van der Waals surface area contributed by atoms with Gasteiger partial charge in [0.15, 0.2) is 0 Å². The molecule has 1 saturated heterocycles. The summed E-state index contributed by atoms with van der Waals surface area (Å²) in [6.07, 6.45) is 4.28. The Kier molecular flexibility index (Phi) is 4.86. The summed E-state index contributed by atoms with van der Waals surface area (Å²) in [5.41, 5.74) is 0.127. The van der Waals surface area contributed by atoms with Gasteiger partial charge in [-0.2, -0.15) is 0 Å². The highest BCUT2D eigenvalue weighted by atomic mass is 32.2. The summed E-state index contributed by atoms with van der Waals surface area (Å²) < 4.78 is 30.9. The molecule has 8 nitrogen and oxygen atoms in total.